The highest BCUT2D eigenvalue weighted by Gasteiger charge is 2.47. The summed E-state index contributed by atoms with van der Waals surface area (Å²) in [5.74, 6) is -1.58. The maximum absolute atomic E-state index is 13.3. The molecule has 1 saturated heterocycles. The van der Waals surface area contributed by atoms with Crippen LogP contribution in [0.25, 0.3) is 16.5 Å². The summed E-state index contributed by atoms with van der Waals surface area (Å²) < 4.78 is 0. The Balaban J connectivity index is 1.78. The Labute approximate surface area is 185 Å². The molecule has 1 N–H and O–H groups in total. The second-order valence-corrected chi connectivity index (χ2v) is 7.82. The molecule has 1 aliphatic rings. The van der Waals surface area contributed by atoms with E-state index < -0.39 is 17.7 Å². The molecule has 1 aromatic heterocycles. The van der Waals surface area contributed by atoms with E-state index in [9.17, 15) is 14.7 Å². The monoisotopic (exact) mass is 420 g/mol. The number of Topliss-reactive ketones (excluding diaryl/α,β-unsaturated/α-hetero) is 1. The van der Waals surface area contributed by atoms with Gasteiger partial charge in [0.15, 0.2) is 0 Å². The number of rotatable bonds is 3. The van der Waals surface area contributed by atoms with Gasteiger partial charge in [-0.15, -0.1) is 0 Å². The van der Waals surface area contributed by atoms with Gasteiger partial charge in [0.2, 0.25) is 0 Å². The lowest BCUT2D eigenvalue weighted by Gasteiger charge is -2.25. The van der Waals surface area contributed by atoms with E-state index in [-0.39, 0.29) is 11.3 Å². The fourth-order valence-electron chi connectivity index (χ4n) is 4.31. The quantitative estimate of drug-likeness (QED) is 0.282. The maximum atomic E-state index is 13.3. The van der Waals surface area contributed by atoms with Crippen molar-refractivity contribution in [3.63, 3.8) is 0 Å². The number of hydrogen-bond donors (Lipinski definition) is 1. The number of ketones is 1. The number of aromatic nitrogens is 1. The number of pyridine rings is 1. The summed E-state index contributed by atoms with van der Waals surface area (Å²) >= 11 is 0. The van der Waals surface area contributed by atoms with E-state index in [0.717, 1.165) is 16.3 Å². The molecule has 1 unspecified atom stereocenters. The van der Waals surface area contributed by atoms with E-state index in [1.165, 1.54) is 4.90 Å². The third-order valence-corrected chi connectivity index (χ3v) is 5.77. The van der Waals surface area contributed by atoms with Gasteiger partial charge in [0.1, 0.15) is 5.76 Å². The molecule has 0 bridgehead atoms. The molecule has 5 heteroatoms. The SMILES string of the molecule is Cc1cccc(N2C(=O)C(=O)/C(=C(\O)c3cccc4ccccc34)C2c2cccnc2)c1. The fraction of sp³-hybridized carbons (Fsp3) is 0.0741. The van der Waals surface area contributed by atoms with Crippen LogP contribution in [0.3, 0.4) is 0 Å². The van der Waals surface area contributed by atoms with Gasteiger partial charge in [-0.2, -0.15) is 0 Å². The van der Waals surface area contributed by atoms with Crippen molar-refractivity contribution in [3.8, 4) is 0 Å². The Hall–Kier alpha value is -4.25. The number of aryl methyl sites for hydroxylation is 1. The number of fused-ring (bicyclic) bond motifs is 1. The van der Waals surface area contributed by atoms with Crippen molar-refractivity contribution in [2.24, 2.45) is 0 Å². The van der Waals surface area contributed by atoms with Crippen molar-refractivity contribution < 1.29 is 14.7 Å². The Morgan fingerprint density at radius 2 is 1.72 bits per heavy atom. The van der Waals surface area contributed by atoms with E-state index in [1.54, 1.807) is 30.6 Å². The third kappa shape index (κ3) is 3.15. The van der Waals surface area contributed by atoms with E-state index >= 15 is 0 Å². The average Bonchev–Trinajstić information content (AvgIpc) is 3.09. The van der Waals surface area contributed by atoms with Crippen LogP contribution >= 0.6 is 0 Å². The van der Waals surface area contributed by atoms with Gasteiger partial charge in [0.25, 0.3) is 11.7 Å². The van der Waals surface area contributed by atoms with Crippen LogP contribution in [0.4, 0.5) is 5.69 Å². The van der Waals surface area contributed by atoms with Gasteiger partial charge in [-0.05, 0) is 47.0 Å². The highest BCUT2D eigenvalue weighted by Crippen LogP contribution is 2.42. The maximum Gasteiger partial charge on any atom is 0.300 e. The molecule has 3 aromatic carbocycles. The van der Waals surface area contributed by atoms with Crippen molar-refractivity contribution in [1.29, 1.82) is 0 Å². The lowest BCUT2D eigenvalue weighted by molar-refractivity contribution is -0.132. The molecule has 1 amide bonds. The first-order chi connectivity index (χ1) is 15.6. The molecule has 4 aromatic rings. The van der Waals surface area contributed by atoms with Crippen molar-refractivity contribution in [3.05, 3.63) is 114 Å². The third-order valence-electron chi connectivity index (χ3n) is 5.77. The number of carbonyl (C=O) groups is 2. The Morgan fingerprint density at radius 1 is 0.938 bits per heavy atom. The standard InChI is InChI=1S/C27H20N2O3/c1-17-7-4-11-20(15-17)29-24(19-10-6-14-28-16-19)23(26(31)27(29)32)25(30)22-13-5-9-18-8-2-3-12-21(18)22/h2-16,24,30H,1H3/b25-23-. The lowest BCUT2D eigenvalue weighted by atomic mass is 9.94. The average molecular weight is 420 g/mol. The molecule has 0 aliphatic carbocycles. The van der Waals surface area contributed by atoms with Gasteiger partial charge in [-0.3, -0.25) is 19.5 Å². The minimum atomic E-state index is -0.788. The summed E-state index contributed by atoms with van der Waals surface area (Å²) in [4.78, 5) is 32.1. The minimum Gasteiger partial charge on any atom is -0.507 e. The predicted molar refractivity (Wildman–Crippen MR) is 124 cm³/mol. The first-order valence-electron chi connectivity index (χ1n) is 10.3. The lowest BCUT2D eigenvalue weighted by Crippen LogP contribution is -2.29. The molecule has 156 valence electrons. The first kappa shape index (κ1) is 19.7. The second kappa shape index (κ2) is 7.78. The number of hydrogen-bond acceptors (Lipinski definition) is 4. The van der Waals surface area contributed by atoms with E-state index in [2.05, 4.69) is 4.98 Å². The molecule has 0 radical (unpaired) electrons. The Bertz CT molecular complexity index is 1390. The predicted octanol–water partition coefficient (Wildman–Crippen LogP) is 5.17. The summed E-state index contributed by atoms with van der Waals surface area (Å²) in [7, 11) is 0. The fourth-order valence-corrected chi connectivity index (χ4v) is 4.31. The van der Waals surface area contributed by atoms with Crippen LogP contribution in [0.5, 0.6) is 0 Å². The highest BCUT2D eigenvalue weighted by atomic mass is 16.3. The van der Waals surface area contributed by atoms with Crippen LogP contribution in [0, 0.1) is 6.92 Å². The highest BCUT2D eigenvalue weighted by molar-refractivity contribution is 6.51. The van der Waals surface area contributed by atoms with Gasteiger partial charge in [0.05, 0.1) is 11.6 Å². The van der Waals surface area contributed by atoms with Crippen molar-refractivity contribution in [2.75, 3.05) is 4.90 Å². The molecule has 1 atom stereocenters. The Morgan fingerprint density at radius 3 is 2.50 bits per heavy atom. The number of anilines is 1. The molecular formula is C27H20N2O3. The van der Waals surface area contributed by atoms with Crippen LogP contribution in [-0.4, -0.2) is 21.8 Å². The Kier molecular flexibility index (Phi) is 4.79. The number of amides is 1. The zero-order valence-electron chi connectivity index (χ0n) is 17.4. The van der Waals surface area contributed by atoms with Crippen LogP contribution in [0.1, 0.15) is 22.7 Å². The largest absolute Gasteiger partial charge is 0.507 e. The van der Waals surface area contributed by atoms with Crippen molar-refractivity contribution >= 4 is 33.9 Å². The normalized spacial score (nSPS) is 17.8. The molecule has 2 heterocycles. The number of aliphatic hydroxyl groups excluding tert-OH is 1. The first-order valence-corrected chi connectivity index (χ1v) is 10.3. The topological polar surface area (TPSA) is 70.5 Å². The number of nitrogens with zero attached hydrogens (tertiary/aromatic N) is 2. The molecule has 5 nitrogen and oxygen atoms in total. The van der Waals surface area contributed by atoms with Crippen LogP contribution in [-0.2, 0) is 9.59 Å². The van der Waals surface area contributed by atoms with Gasteiger partial charge in [0, 0.05) is 23.6 Å². The summed E-state index contributed by atoms with van der Waals surface area (Å²) in [6.07, 6.45) is 3.25. The zero-order valence-corrected chi connectivity index (χ0v) is 17.4. The molecule has 32 heavy (non-hydrogen) atoms. The molecular weight excluding hydrogens is 400 g/mol. The van der Waals surface area contributed by atoms with Crippen LogP contribution in [0.2, 0.25) is 0 Å². The van der Waals surface area contributed by atoms with Gasteiger partial charge >= 0.3 is 0 Å². The van der Waals surface area contributed by atoms with E-state index in [1.807, 2.05) is 67.6 Å². The van der Waals surface area contributed by atoms with Gasteiger partial charge < -0.3 is 5.11 Å². The molecule has 1 fully saturated rings. The number of carbonyl (C=O) groups excluding carboxylic acids is 2. The zero-order chi connectivity index (χ0) is 22.2. The number of benzene rings is 3. The summed E-state index contributed by atoms with van der Waals surface area (Å²) in [6.45, 7) is 1.93. The van der Waals surface area contributed by atoms with E-state index in [0.29, 0.717) is 16.8 Å². The van der Waals surface area contributed by atoms with E-state index in [4.69, 9.17) is 0 Å². The minimum absolute atomic E-state index is 0.0564. The summed E-state index contributed by atoms with van der Waals surface area (Å²) in [5, 5.41) is 13.2. The smallest absolute Gasteiger partial charge is 0.300 e. The van der Waals surface area contributed by atoms with Crippen molar-refractivity contribution in [2.45, 2.75) is 13.0 Å². The van der Waals surface area contributed by atoms with Gasteiger partial charge in [-0.25, -0.2) is 0 Å². The molecule has 5 rings (SSSR count). The van der Waals surface area contributed by atoms with Gasteiger partial charge in [-0.1, -0.05) is 60.7 Å². The molecule has 0 spiro atoms. The summed E-state index contributed by atoms with van der Waals surface area (Å²) in [6, 6.07) is 23.3. The van der Waals surface area contributed by atoms with Crippen LogP contribution in [0.15, 0.2) is 96.8 Å². The van der Waals surface area contributed by atoms with Crippen molar-refractivity contribution in [1.82, 2.24) is 4.98 Å². The molecule has 1 aliphatic heterocycles. The number of aliphatic hydroxyl groups is 1. The van der Waals surface area contributed by atoms with Crippen LogP contribution < -0.4 is 4.90 Å². The second-order valence-electron chi connectivity index (χ2n) is 7.82. The summed E-state index contributed by atoms with van der Waals surface area (Å²) in [5.41, 5.74) is 2.77. The molecule has 0 saturated carbocycles.